The van der Waals surface area contributed by atoms with E-state index in [1.54, 1.807) is 13.0 Å². The molecule has 5 nitrogen and oxygen atoms in total. The summed E-state index contributed by atoms with van der Waals surface area (Å²) in [6.07, 6.45) is 6.31. The predicted molar refractivity (Wildman–Crippen MR) is 107 cm³/mol. The van der Waals surface area contributed by atoms with E-state index in [0.29, 0.717) is 21.8 Å². The SMILES string of the molecule is Cc1ccc(N=Cc2c(C)c(C#N)c(=O)n(C3CCCCC3)c2O)cc1Cl. The zero-order chi connectivity index (χ0) is 19.6. The minimum atomic E-state index is -0.421. The number of aliphatic imine (C=N–C) groups is 1. The van der Waals surface area contributed by atoms with E-state index in [4.69, 9.17) is 11.6 Å². The molecule has 140 valence electrons. The summed E-state index contributed by atoms with van der Waals surface area (Å²) in [5.41, 5.74) is 2.06. The topological polar surface area (TPSA) is 78.4 Å². The average Bonchev–Trinajstić information content (AvgIpc) is 2.65. The molecule has 0 saturated heterocycles. The van der Waals surface area contributed by atoms with Crippen molar-refractivity contribution in [1.82, 2.24) is 4.57 Å². The summed E-state index contributed by atoms with van der Waals surface area (Å²) in [6.45, 7) is 3.57. The quantitative estimate of drug-likeness (QED) is 0.761. The number of hydrogen-bond donors (Lipinski definition) is 1. The van der Waals surface area contributed by atoms with Crippen LogP contribution >= 0.6 is 11.6 Å². The van der Waals surface area contributed by atoms with Gasteiger partial charge in [-0.2, -0.15) is 5.26 Å². The molecule has 0 aliphatic heterocycles. The molecule has 0 unspecified atom stereocenters. The van der Waals surface area contributed by atoms with Gasteiger partial charge in [0.1, 0.15) is 11.6 Å². The minimum absolute atomic E-state index is 0.0572. The van der Waals surface area contributed by atoms with Gasteiger partial charge in [-0.25, -0.2) is 0 Å². The second kappa shape index (κ2) is 7.98. The lowest BCUT2D eigenvalue weighted by molar-refractivity contribution is 0.303. The lowest BCUT2D eigenvalue weighted by atomic mass is 9.94. The first kappa shape index (κ1) is 19.2. The van der Waals surface area contributed by atoms with Gasteiger partial charge in [0.2, 0.25) is 5.88 Å². The molecule has 1 heterocycles. The van der Waals surface area contributed by atoms with Crippen molar-refractivity contribution in [2.45, 2.75) is 52.0 Å². The van der Waals surface area contributed by atoms with E-state index in [2.05, 4.69) is 4.99 Å². The third-order valence-corrected chi connectivity index (χ3v) is 5.64. The zero-order valence-electron chi connectivity index (χ0n) is 15.5. The molecule has 3 rings (SSSR count). The van der Waals surface area contributed by atoms with Crippen molar-refractivity contribution in [3.63, 3.8) is 0 Å². The highest BCUT2D eigenvalue weighted by atomic mass is 35.5. The Bertz CT molecular complexity index is 996. The Balaban J connectivity index is 2.11. The Morgan fingerprint density at radius 3 is 2.63 bits per heavy atom. The molecule has 0 amide bonds. The van der Waals surface area contributed by atoms with Crippen molar-refractivity contribution in [1.29, 1.82) is 5.26 Å². The van der Waals surface area contributed by atoms with E-state index in [-0.39, 0.29) is 17.5 Å². The number of benzene rings is 1. The molecule has 6 heteroatoms. The molecule has 1 aliphatic carbocycles. The number of nitriles is 1. The van der Waals surface area contributed by atoms with Crippen LogP contribution in [0.4, 0.5) is 5.69 Å². The van der Waals surface area contributed by atoms with E-state index in [1.165, 1.54) is 10.8 Å². The highest BCUT2D eigenvalue weighted by molar-refractivity contribution is 6.31. The highest BCUT2D eigenvalue weighted by Gasteiger charge is 2.24. The first-order chi connectivity index (χ1) is 12.9. The molecule has 0 radical (unpaired) electrons. The number of halogens is 1. The molecule has 0 bridgehead atoms. The Kier molecular flexibility index (Phi) is 5.67. The summed E-state index contributed by atoms with van der Waals surface area (Å²) in [5, 5.41) is 20.9. The standard InChI is InChI=1S/C21H22ClN3O2/c1-13-8-9-15(10-19(13)22)24-12-18-14(2)17(11-23)20(26)25(21(18)27)16-6-4-3-5-7-16/h8-10,12,16,27H,3-7H2,1-2H3. The van der Waals surface area contributed by atoms with E-state index in [1.807, 2.05) is 25.1 Å². The van der Waals surface area contributed by atoms with Crippen molar-refractivity contribution < 1.29 is 5.11 Å². The van der Waals surface area contributed by atoms with Crippen LogP contribution in [0.15, 0.2) is 28.0 Å². The molecule has 1 aromatic carbocycles. The monoisotopic (exact) mass is 383 g/mol. The van der Waals surface area contributed by atoms with Crippen molar-refractivity contribution in [2.24, 2.45) is 4.99 Å². The van der Waals surface area contributed by atoms with Crippen molar-refractivity contribution >= 4 is 23.5 Å². The van der Waals surface area contributed by atoms with Crippen molar-refractivity contribution in [2.75, 3.05) is 0 Å². The maximum absolute atomic E-state index is 12.8. The van der Waals surface area contributed by atoms with Crippen molar-refractivity contribution in [3.05, 3.63) is 55.8 Å². The fourth-order valence-electron chi connectivity index (χ4n) is 3.57. The number of aromatic nitrogens is 1. The summed E-state index contributed by atoms with van der Waals surface area (Å²) in [5.74, 6) is -0.120. The van der Waals surface area contributed by atoms with Crippen LogP contribution in [0.25, 0.3) is 0 Å². The molecule has 1 fully saturated rings. The molecular formula is C21H22ClN3O2. The maximum Gasteiger partial charge on any atom is 0.271 e. The molecule has 27 heavy (non-hydrogen) atoms. The van der Waals surface area contributed by atoms with Gasteiger partial charge < -0.3 is 5.11 Å². The smallest absolute Gasteiger partial charge is 0.271 e. The Morgan fingerprint density at radius 2 is 2.00 bits per heavy atom. The van der Waals surface area contributed by atoms with E-state index < -0.39 is 5.56 Å². The summed E-state index contributed by atoms with van der Waals surface area (Å²) < 4.78 is 1.38. The van der Waals surface area contributed by atoms with Gasteiger partial charge in [-0.15, -0.1) is 0 Å². The lowest BCUT2D eigenvalue weighted by Gasteiger charge is -2.26. The van der Waals surface area contributed by atoms with Gasteiger partial charge in [-0.05, 0) is 49.9 Å². The summed E-state index contributed by atoms with van der Waals surface area (Å²) in [6, 6.07) is 7.35. The largest absolute Gasteiger partial charge is 0.494 e. The van der Waals surface area contributed by atoms with Gasteiger partial charge in [-0.1, -0.05) is 36.9 Å². The van der Waals surface area contributed by atoms with E-state index in [9.17, 15) is 15.2 Å². The van der Waals surface area contributed by atoms with Crippen LogP contribution < -0.4 is 5.56 Å². The molecule has 2 aromatic rings. The molecular weight excluding hydrogens is 362 g/mol. The second-order valence-electron chi connectivity index (χ2n) is 7.01. The normalized spacial score (nSPS) is 15.2. The summed E-state index contributed by atoms with van der Waals surface area (Å²) in [7, 11) is 0. The molecule has 1 aliphatic rings. The summed E-state index contributed by atoms with van der Waals surface area (Å²) in [4.78, 5) is 17.2. The molecule has 0 spiro atoms. The predicted octanol–water partition coefficient (Wildman–Crippen LogP) is 4.95. The Labute approximate surface area is 163 Å². The van der Waals surface area contributed by atoms with Gasteiger partial charge >= 0.3 is 0 Å². The third-order valence-electron chi connectivity index (χ3n) is 5.23. The molecule has 1 saturated carbocycles. The van der Waals surface area contributed by atoms with Crippen LogP contribution in [-0.4, -0.2) is 15.9 Å². The van der Waals surface area contributed by atoms with Gasteiger partial charge in [0.15, 0.2) is 0 Å². The Morgan fingerprint density at radius 1 is 1.30 bits per heavy atom. The van der Waals surface area contributed by atoms with E-state index in [0.717, 1.165) is 37.7 Å². The van der Waals surface area contributed by atoms with Crippen molar-refractivity contribution in [3.8, 4) is 11.9 Å². The van der Waals surface area contributed by atoms with Gasteiger partial charge in [-0.3, -0.25) is 14.4 Å². The van der Waals surface area contributed by atoms with Crippen LogP contribution in [0.3, 0.4) is 0 Å². The second-order valence-corrected chi connectivity index (χ2v) is 7.41. The summed E-state index contributed by atoms with van der Waals surface area (Å²) >= 11 is 6.14. The third kappa shape index (κ3) is 3.77. The van der Waals surface area contributed by atoms with E-state index >= 15 is 0 Å². The highest BCUT2D eigenvalue weighted by Crippen LogP contribution is 2.32. The number of rotatable bonds is 3. The van der Waals surface area contributed by atoms with Crippen LogP contribution in [0.5, 0.6) is 5.88 Å². The first-order valence-electron chi connectivity index (χ1n) is 9.12. The molecule has 1 N–H and O–H groups in total. The fourth-order valence-corrected chi connectivity index (χ4v) is 3.75. The lowest BCUT2D eigenvalue weighted by Crippen LogP contribution is -2.30. The minimum Gasteiger partial charge on any atom is -0.494 e. The molecule has 0 atom stereocenters. The zero-order valence-corrected chi connectivity index (χ0v) is 16.3. The van der Waals surface area contributed by atoms with Gasteiger partial charge in [0, 0.05) is 17.3 Å². The number of aromatic hydroxyl groups is 1. The maximum atomic E-state index is 12.8. The average molecular weight is 384 g/mol. The van der Waals surface area contributed by atoms with Crippen LogP contribution in [0, 0.1) is 25.2 Å². The van der Waals surface area contributed by atoms with Crippen LogP contribution in [0.2, 0.25) is 5.02 Å². The Hall–Kier alpha value is -2.58. The number of aryl methyl sites for hydroxylation is 1. The molecule has 1 aromatic heterocycles. The number of pyridine rings is 1. The first-order valence-corrected chi connectivity index (χ1v) is 9.50. The van der Waals surface area contributed by atoms with Gasteiger partial charge in [0.05, 0.1) is 11.3 Å². The number of hydrogen-bond acceptors (Lipinski definition) is 4. The fraction of sp³-hybridized carbons (Fsp3) is 0.381. The van der Waals surface area contributed by atoms with Gasteiger partial charge in [0.25, 0.3) is 5.56 Å². The van der Waals surface area contributed by atoms with Crippen LogP contribution in [0.1, 0.15) is 60.4 Å². The van der Waals surface area contributed by atoms with Crippen LogP contribution in [-0.2, 0) is 0 Å². The number of nitrogens with zero attached hydrogens (tertiary/aromatic N) is 3.